The van der Waals surface area contributed by atoms with E-state index in [1.54, 1.807) is 6.07 Å². The number of carbonyl (C=O) groups is 2. The van der Waals surface area contributed by atoms with Crippen LogP contribution in [0.25, 0.3) is 0 Å². The molecule has 2 aromatic rings. The largest absolute Gasteiger partial charge is 0.355 e. The molecule has 29 heavy (non-hydrogen) atoms. The Morgan fingerprint density at radius 3 is 2.52 bits per heavy atom. The highest BCUT2D eigenvalue weighted by Gasteiger charge is 2.43. The first-order valence-electron chi connectivity index (χ1n) is 9.90. The maximum absolute atomic E-state index is 14.2. The first kappa shape index (κ1) is 21.0. The van der Waals surface area contributed by atoms with Crippen LogP contribution in [0, 0.1) is 11.7 Å². The summed E-state index contributed by atoms with van der Waals surface area (Å²) >= 11 is 0. The first-order valence-corrected chi connectivity index (χ1v) is 9.90. The van der Waals surface area contributed by atoms with Crippen LogP contribution in [0.15, 0.2) is 48.5 Å². The van der Waals surface area contributed by atoms with E-state index in [9.17, 15) is 14.0 Å². The van der Waals surface area contributed by atoms with Crippen molar-refractivity contribution in [3.05, 3.63) is 71.0 Å². The van der Waals surface area contributed by atoms with Crippen molar-refractivity contribution < 1.29 is 14.0 Å². The van der Waals surface area contributed by atoms with Crippen LogP contribution in [0.4, 0.5) is 4.39 Å². The molecular weight excluding hydrogens is 369 g/mol. The average Bonchev–Trinajstić information content (AvgIpc) is 3.52. The predicted molar refractivity (Wildman–Crippen MR) is 111 cm³/mol. The molecule has 0 aliphatic heterocycles. The Hall–Kier alpha value is -2.73. The minimum Gasteiger partial charge on any atom is -0.355 e. The molecule has 0 saturated heterocycles. The second-order valence-electron chi connectivity index (χ2n) is 7.82. The van der Waals surface area contributed by atoms with Gasteiger partial charge >= 0.3 is 0 Å². The van der Waals surface area contributed by atoms with Crippen LogP contribution in [0.5, 0.6) is 0 Å². The number of hydrogen-bond acceptors (Lipinski definition) is 3. The third-order valence-electron chi connectivity index (χ3n) is 5.57. The van der Waals surface area contributed by atoms with Crippen molar-refractivity contribution in [1.29, 1.82) is 0 Å². The van der Waals surface area contributed by atoms with E-state index in [-0.39, 0.29) is 23.4 Å². The van der Waals surface area contributed by atoms with Crippen LogP contribution in [0.1, 0.15) is 33.8 Å². The Morgan fingerprint density at radius 1 is 1.17 bits per heavy atom. The Balaban J connectivity index is 1.56. The third-order valence-corrected chi connectivity index (χ3v) is 5.57. The molecule has 2 N–H and O–H groups in total. The van der Waals surface area contributed by atoms with Crippen LogP contribution >= 0.6 is 0 Å². The maximum Gasteiger partial charge on any atom is 0.253 e. The molecule has 1 saturated carbocycles. The maximum atomic E-state index is 14.2. The molecule has 1 aliphatic carbocycles. The molecule has 6 heteroatoms. The summed E-state index contributed by atoms with van der Waals surface area (Å²) in [7, 11) is 5.36. The lowest BCUT2D eigenvalue weighted by molar-refractivity contribution is -0.122. The fourth-order valence-electron chi connectivity index (χ4n) is 3.62. The van der Waals surface area contributed by atoms with Gasteiger partial charge in [-0.15, -0.1) is 0 Å². The van der Waals surface area contributed by atoms with Crippen LogP contribution in [0.2, 0.25) is 0 Å². The summed E-state index contributed by atoms with van der Waals surface area (Å²) in [5, 5.41) is 5.49. The average molecular weight is 397 g/mol. The molecule has 1 aliphatic rings. The van der Waals surface area contributed by atoms with E-state index in [4.69, 9.17) is 0 Å². The molecule has 1 unspecified atom stereocenters. The number of nitrogens with one attached hydrogen (secondary N) is 2. The van der Waals surface area contributed by atoms with Crippen molar-refractivity contribution in [1.82, 2.24) is 15.5 Å². The number of rotatable bonds is 8. The van der Waals surface area contributed by atoms with E-state index in [1.807, 2.05) is 37.2 Å². The van der Waals surface area contributed by atoms with Gasteiger partial charge in [0.25, 0.3) is 5.91 Å². The molecule has 0 radical (unpaired) electrons. The summed E-state index contributed by atoms with van der Waals surface area (Å²) < 4.78 is 14.2. The Labute approximate surface area is 171 Å². The summed E-state index contributed by atoms with van der Waals surface area (Å²) in [5.74, 6) is -0.563. The van der Waals surface area contributed by atoms with Crippen molar-refractivity contribution in [2.24, 2.45) is 5.92 Å². The second-order valence-corrected chi connectivity index (χ2v) is 7.82. The standard InChI is InChI=1S/C23H28FN3O2/c1-25-22(28)18-10-9-15(12-21(18)24)11-17(27(2)3)14-26-23(29)20-13-19(20)16-7-5-4-6-8-16/h4-10,12,17,19-20H,11,13-14H2,1-3H3,(H,25,28)(H,26,29)/t17-,19?,20-/m0/s1. The monoisotopic (exact) mass is 397 g/mol. The molecule has 0 bridgehead atoms. The number of hydrogen-bond donors (Lipinski definition) is 2. The van der Waals surface area contributed by atoms with Gasteiger partial charge in [0.15, 0.2) is 0 Å². The molecule has 3 rings (SSSR count). The Kier molecular flexibility index (Phi) is 6.64. The van der Waals surface area contributed by atoms with Gasteiger partial charge < -0.3 is 15.5 Å². The van der Waals surface area contributed by atoms with Gasteiger partial charge in [-0.3, -0.25) is 9.59 Å². The minimum absolute atomic E-state index is 0.0260. The van der Waals surface area contributed by atoms with Crippen molar-refractivity contribution >= 4 is 11.8 Å². The van der Waals surface area contributed by atoms with Gasteiger partial charge in [-0.25, -0.2) is 4.39 Å². The van der Waals surface area contributed by atoms with Crippen molar-refractivity contribution in [2.75, 3.05) is 27.7 Å². The first-order chi connectivity index (χ1) is 13.9. The van der Waals surface area contributed by atoms with Crippen LogP contribution in [-0.4, -0.2) is 50.4 Å². The van der Waals surface area contributed by atoms with Crippen molar-refractivity contribution in [2.45, 2.75) is 24.8 Å². The third kappa shape index (κ3) is 5.21. The number of nitrogens with zero attached hydrogens (tertiary/aromatic N) is 1. The Morgan fingerprint density at radius 2 is 1.90 bits per heavy atom. The highest BCUT2D eigenvalue weighted by atomic mass is 19.1. The molecule has 0 heterocycles. The van der Waals surface area contributed by atoms with Crippen LogP contribution in [0.3, 0.4) is 0 Å². The molecule has 5 nitrogen and oxygen atoms in total. The van der Waals surface area contributed by atoms with Gasteiger partial charge in [0.1, 0.15) is 5.82 Å². The minimum atomic E-state index is -0.535. The fraction of sp³-hybridized carbons (Fsp3) is 0.391. The molecule has 2 aromatic carbocycles. The summed E-state index contributed by atoms with van der Waals surface area (Å²) in [4.78, 5) is 26.2. The number of carbonyl (C=O) groups excluding carboxylic acids is 2. The van der Waals surface area contributed by atoms with E-state index >= 15 is 0 Å². The molecule has 3 atom stereocenters. The predicted octanol–water partition coefficient (Wildman–Crippen LogP) is 2.58. The van der Waals surface area contributed by atoms with Gasteiger partial charge in [-0.05, 0) is 56.1 Å². The van der Waals surface area contributed by atoms with Gasteiger partial charge in [-0.1, -0.05) is 36.4 Å². The highest BCUT2D eigenvalue weighted by Crippen LogP contribution is 2.47. The number of likely N-dealkylation sites (N-methyl/N-ethyl adjacent to an activating group) is 1. The van der Waals surface area contributed by atoms with E-state index < -0.39 is 11.7 Å². The lowest BCUT2D eigenvalue weighted by Crippen LogP contribution is -2.42. The number of amides is 2. The zero-order valence-corrected chi connectivity index (χ0v) is 17.1. The fourth-order valence-corrected chi connectivity index (χ4v) is 3.62. The van der Waals surface area contributed by atoms with Gasteiger partial charge in [0, 0.05) is 25.6 Å². The quantitative estimate of drug-likeness (QED) is 0.720. The van der Waals surface area contributed by atoms with E-state index in [0.29, 0.717) is 18.9 Å². The molecule has 2 amide bonds. The summed E-state index contributed by atoms with van der Waals surface area (Å²) in [6.07, 6.45) is 1.46. The number of halogens is 1. The van der Waals surface area contributed by atoms with Crippen LogP contribution in [-0.2, 0) is 11.2 Å². The molecule has 1 fully saturated rings. The SMILES string of the molecule is CNC(=O)c1ccc(C[C@@H](CNC(=O)[C@H]2CC2c2ccccc2)N(C)C)cc1F. The van der Waals surface area contributed by atoms with Gasteiger partial charge in [0.2, 0.25) is 5.91 Å². The van der Waals surface area contributed by atoms with Gasteiger partial charge in [-0.2, -0.15) is 0 Å². The topological polar surface area (TPSA) is 61.4 Å². The zero-order valence-electron chi connectivity index (χ0n) is 17.1. The smallest absolute Gasteiger partial charge is 0.253 e. The molecular formula is C23H28FN3O2. The van der Waals surface area contributed by atoms with Crippen molar-refractivity contribution in [3.63, 3.8) is 0 Å². The van der Waals surface area contributed by atoms with Crippen molar-refractivity contribution in [3.8, 4) is 0 Å². The lowest BCUT2D eigenvalue weighted by Gasteiger charge is -2.25. The van der Waals surface area contributed by atoms with E-state index in [1.165, 1.54) is 24.7 Å². The second kappa shape index (κ2) is 9.18. The highest BCUT2D eigenvalue weighted by molar-refractivity contribution is 5.94. The Bertz CT molecular complexity index is 870. The molecule has 154 valence electrons. The normalized spacial score (nSPS) is 18.9. The zero-order chi connectivity index (χ0) is 21.0. The molecule has 0 spiro atoms. The molecule has 0 aromatic heterocycles. The summed E-state index contributed by atoms with van der Waals surface area (Å²) in [6.45, 7) is 0.489. The summed E-state index contributed by atoms with van der Waals surface area (Å²) in [5.41, 5.74) is 2.03. The van der Waals surface area contributed by atoms with Crippen LogP contribution < -0.4 is 10.6 Å². The van der Waals surface area contributed by atoms with E-state index in [0.717, 1.165) is 12.0 Å². The van der Waals surface area contributed by atoms with Gasteiger partial charge in [0.05, 0.1) is 5.56 Å². The summed E-state index contributed by atoms with van der Waals surface area (Å²) in [6, 6.07) is 14.8. The number of benzene rings is 2. The van der Waals surface area contributed by atoms with E-state index in [2.05, 4.69) is 22.8 Å². The lowest BCUT2D eigenvalue weighted by atomic mass is 10.0.